The van der Waals surface area contributed by atoms with E-state index in [9.17, 15) is 5.11 Å². The lowest BCUT2D eigenvalue weighted by Crippen LogP contribution is -2.42. The number of aliphatic hydroxyl groups excluding tert-OH is 1. The van der Waals surface area contributed by atoms with Crippen molar-refractivity contribution in [3.8, 4) is 0 Å². The average Bonchev–Trinajstić information content (AvgIpc) is 3.23. The van der Waals surface area contributed by atoms with E-state index in [1.807, 2.05) is 87.0 Å². The van der Waals surface area contributed by atoms with Crippen LogP contribution in [0, 0.1) is 0 Å². The molecule has 3 aromatic rings. The fraction of sp³-hybridized carbons (Fsp3) is 0.333. The van der Waals surface area contributed by atoms with Gasteiger partial charge in [-0.05, 0) is 49.1 Å². The minimum atomic E-state index is -0.909. The Morgan fingerprint density at radius 3 is 1.72 bits per heavy atom. The number of hydrogen-bond donors (Lipinski definition) is 1. The number of aliphatic hydroxyl groups is 1. The summed E-state index contributed by atoms with van der Waals surface area (Å²) in [6.07, 6.45) is 4.25. The van der Waals surface area contributed by atoms with Crippen molar-refractivity contribution in [1.29, 1.82) is 0 Å². The smallest absolute Gasteiger partial charge is 0.164 e. The fourth-order valence-electron chi connectivity index (χ4n) is 4.67. The number of thioether (sulfide) groups is 2. The van der Waals surface area contributed by atoms with E-state index in [4.69, 9.17) is 14.2 Å². The van der Waals surface area contributed by atoms with Crippen LogP contribution in [0.5, 0.6) is 0 Å². The number of benzene rings is 3. The van der Waals surface area contributed by atoms with Crippen LogP contribution in [0.1, 0.15) is 30.5 Å². The molecule has 6 heteroatoms. The molecule has 1 heterocycles. The maximum Gasteiger partial charge on any atom is 0.164 e. The summed E-state index contributed by atoms with van der Waals surface area (Å²) < 4.78 is 20.3. The molecule has 0 aliphatic carbocycles. The Morgan fingerprint density at radius 1 is 0.861 bits per heavy atom. The molecule has 0 spiro atoms. The van der Waals surface area contributed by atoms with E-state index in [-0.39, 0.29) is 12.7 Å². The highest BCUT2D eigenvalue weighted by molar-refractivity contribution is 8.21. The Labute approximate surface area is 223 Å². The molecule has 1 fully saturated rings. The summed E-state index contributed by atoms with van der Waals surface area (Å²) in [4.78, 5) is 0. The molecule has 0 aromatic heterocycles. The van der Waals surface area contributed by atoms with Crippen molar-refractivity contribution in [3.63, 3.8) is 0 Å². The Kier molecular flexibility index (Phi) is 8.99. The Balaban J connectivity index is 1.71. The third kappa shape index (κ3) is 5.91. The molecule has 1 N–H and O–H groups in total. The lowest BCUT2D eigenvalue weighted by Gasteiger charge is -2.37. The molecule has 1 saturated heterocycles. The molecule has 0 bridgehead atoms. The predicted octanol–water partition coefficient (Wildman–Crippen LogP) is 6.44. The lowest BCUT2D eigenvalue weighted by molar-refractivity contribution is -0.160. The summed E-state index contributed by atoms with van der Waals surface area (Å²) in [6.45, 7) is 3.81. The molecule has 4 nitrogen and oxygen atoms in total. The van der Waals surface area contributed by atoms with Gasteiger partial charge in [-0.2, -0.15) is 0 Å². The Bertz CT molecular complexity index is 1020. The van der Waals surface area contributed by atoms with Crippen LogP contribution < -0.4 is 0 Å². The van der Waals surface area contributed by atoms with Gasteiger partial charge in [0.1, 0.15) is 23.9 Å². The second-order valence-corrected chi connectivity index (χ2v) is 11.1. The maximum atomic E-state index is 11.4. The third-order valence-corrected chi connectivity index (χ3v) is 8.33. The van der Waals surface area contributed by atoms with Crippen LogP contribution in [0.3, 0.4) is 0 Å². The van der Waals surface area contributed by atoms with E-state index in [2.05, 4.69) is 36.4 Å². The van der Waals surface area contributed by atoms with E-state index in [0.29, 0.717) is 0 Å². The van der Waals surface area contributed by atoms with Crippen molar-refractivity contribution < 1.29 is 19.3 Å². The van der Waals surface area contributed by atoms with Crippen LogP contribution in [0.25, 0.3) is 0 Å². The van der Waals surface area contributed by atoms with Crippen molar-refractivity contribution in [2.75, 3.05) is 19.1 Å². The molecule has 0 unspecified atom stereocenters. The van der Waals surface area contributed by atoms with Gasteiger partial charge in [-0.15, -0.1) is 23.5 Å². The van der Waals surface area contributed by atoms with Gasteiger partial charge in [0.05, 0.1) is 6.61 Å². The molecule has 1 aliphatic rings. The first-order valence-electron chi connectivity index (χ1n) is 12.0. The number of rotatable bonds is 10. The first kappa shape index (κ1) is 27.0. The van der Waals surface area contributed by atoms with Crippen LogP contribution in [0.4, 0.5) is 0 Å². The van der Waals surface area contributed by atoms with Gasteiger partial charge in [-0.3, -0.25) is 0 Å². The molecule has 0 radical (unpaired) electrons. The van der Waals surface area contributed by atoms with Gasteiger partial charge in [-0.1, -0.05) is 91.0 Å². The van der Waals surface area contributed by atoms with Gasteiger partial charge in [0.15, 0.2) is 5.79 Å². The minimum absolute atomic E-state index is 0.0565. The highest BCUT2D eigenvalue weighted by atomic mass is 32.2. The zero-order chi connectivity index (χ0) is 25.6. The van der Waals surface area contributed by atoms with Crippen LogP contribution in [0.2, 0.25) is 0 Å². The van der Waals surface area contributed by atoms with Crippen molar-refractivity contribution in [2.45, 2.75) is 43.5 Å². The Morgan fingerprint density at radius 2 is 1.31 bits per heavy atom. The van der Waals surface area contributed by atoms with Gasteiger partial charge in [0.25, 0.3) is 0 Å². The fourth-order valence-corrected chi connectivity index (χ4v) is 5.88. The van der Waals surface area contributed by atoms with Crippen molar-refractivity contribution in [1.82, 2.24) is 0 Å². The standard InChI is InChI=1S/C30H34O4S2/c1-29(2)33-26(20-27(35-3)36-4)28(34-29)25(31)21-32-30(22-14-8-5-9-15-22,23-16-10-6-11-17-23)24-18-12-7-13-19-24/h5-20,25-26,28,31H,21H2,1-4H3/t25-,26+,28-/m1/s1. The van der Waals surface area contributed by atoms with Crippen LogP contribution >= 0.6 is 23.5 Å². The van der Waals surface area contributed by atoms with Crippen LogP contribution in [-0.2, 0) is 19.8 Å². The topological polar surface area (TPSA) is 47.9 Å². The highest BCUT2D eigenvalue weighted by Gasteiger charge is 2.45. The largest absolute Gasteiger partial charge is 0.388 e. The normalized spacial score (nSPS) is 20.1. The summed E-state index contributed by atoms with van der Waals surface area (Å²) >= 11 is 3.31. The van der Waals surface area contributed by atoms with Crippen LogP contribution in [0.15, 0.2) is 101 Å². The molecule has 1 aliphatic heterocycles. The van der Waals surface area contributed by atoms with E-state index >= 15 is 0 Å². The zero-order valence-electron chi connectivity index (χ0n) is 21.2. The molecule has 36 heavy (non-hydrogen) atoms. The summed E-state index contributed by atoms with van der Waals surface area (Å²) in [5.74, 6) is -0.801. The Hall–Kier alpha value is -2.06. The minimum Gasteiger partial charge on any atom is -0.388 e. The summed E-state index contributed by atoms with van der Waals surface area (Å²) in [7, 11) is 0. The first-order chi connectivity index (χ1) is 17.4. The van der Waals surface area contributed by atoms with Crippen molar-refractivity contribution in [3.05, 3.63) is 118 Å². The second kappa shape index (κ2) is 12.0. The van der Waals surface area contributed by atoms with Crippen LogP contribution in [-0.4, -0.2) is 48.3 Å². The SMILES string of the molecule is CSC(=C[C@@H]1OC(C)(C)O[C@@H]1[C@H](O)COC(c1ccccc1)(c1ccccc1)c1ccccc1)SC. The quantitative estimate of drug-likeness (QED) is 0.309. The average molecular weight is 523 g/mol. The summed E-state index contributed by atoms with van der Waals surface area (Å²) in [5, 5.41) is 11.4. The molecule has 4 rings (SSSR count). The summed E-state index contributed by atoms with van der Waals surface area (Å²) in [5.41, 5.74) is 2.06. The molecular weight excluding hydrogens is 488 g/mol. The predicted molar refractivity (Wildman–Crippen MR) is 150 cm³/mol. The highest BCUT2D eigenvalue weighted by Crippen LogP contribution is 2.41. The molecule has 0 amide bonds. The van der Waals surface area contributed by atoms with Crippen molar-refractivity contribution in [2.24, 2.45) is 0 Å². The first-order valence-corrected chi connectivity index (χ1v) is 14.5. The van der Waals surface area contributed by atoms with E-state index in [0.717, 1.165) is 20.9 Å². The molecule has 0 saturated carbocycles. The zero-order valence-corrected chi connectivity index (χ0v) is 22.8. The monoisotopic (exact) mass is 522 g/mol. The second-order valence-electron chi connectivity index (χ2n) is 9.12. The number of ether oxygens (including phenoxy) is 3. The molecule has 190 valence electrons. The maximum absolute atomic E-state index is 11.4. The van der Waals surface area contributed by atoms with Gasteiger partial charge in [-0.25, -0.2) is 0 Å². The van der Waals surface area contributed by atoms with E-state index < -0.39 is 23.6 Å². The summed E-state index contributed by atoms with van der Waals surface area (Å²) in [6, 6.07) is 30.5. The third-order valence-electron chi connectivity index (χ3n) is 6.26. The van der Waals surface area contributed by atoms with Gasteiger partial charge >= 0.3 is 0 Å². The van der Waals surface area contributed by atoms with Gasteiger partial charge < -0.3 is 19.3 Å². The van der Waals surface area contributed by atoms with Crippen molar-refractivity contribution >= 4 is 23.5 Å². The molecule has 3 atom stereocenters. The lowest BCUT2D eigenvalue weighted by atomic mass is 9.80. The van der Waals surface area contributed by atoms with Gasteiger partial charge in [0.2, 0.25) is 0 Å². The van der Waals surface area contributed by atoms with E-state index in [1.165, 1.54) is 0 Å². The van der Waals surface area contributed by atoms with E-state index in [1.54, 1.807) is 23.5 Å². The molecular formula is C30H34O4S2. The number of hydrogen-bond acceptors (Lipinski definition) is 6. The molecule has 3 aromatic carbocycles. The van der Waals surface area contributed by atoms with Gasteiger partial charge in [0, 0.05) is 4.24 Å².